The van der Waals surface area contributed by atoms with Crippen LogP contribution < -0.4 is 0 Å². The summed E-state index contributed by atoms with van der Waals surface area (Å²) >= 11 is 0. The van der Waals surface area contributed by atoms with Crippen LogP contribution in [0, 0.1) is 0 Å². The number of benzene rings is 4. The highest BCUT2D eigenvalue weighted by atomic mass is 16.8. The third-order valence-electron chi connectivity index (χ3n) is 12.3. The van der Waals surface area contributed by atoms with Crippen LogP contribution in [-0.2, 0) is 73.8 Å². The summed E-state index contributed by atoms with van der Waals surface area (Å²) in [6.07, 6.45) is -18.7. The first-order valence-corrected chi connectivity index (χ1v) is 23.7. The van der Waals surface area contributed by atoms with Crippen molar-refractivity contribution in [2.45, 2.75) is 138 Å². The highest BCUT2D eigenvalue weighted by molar-refractivity contribution is 5.16. The van der Waals surface area contributed by atoms with Gasteiger partial charge in [0.2, 0.25) is 0 Å². The molecule has 0 spiro atoms. The van der Waals surface area contributed by atoms with Crippen molar-refractivity contribution in [3.63, 3.8) is 0 Å². The van der Waals surface area contributed by atoms with Gasteiger partial charge in [0.15, 0.2) is 18.9 Å². The second-order valence-electron chi connectivity index (χ2n) is 17.3. The van der Waals surface area contributed by atoms with E-state index in [1.54, 1.807) is 0 Å². The van der Waals surface area contributed by atoms with Gasteiger partial charge in [-0.25, -0.2) is 0 Å². The van der Waals surface area contributed by atoms with Crippen molar-refractivity contribution in [1.82, 2.24) is 0 Å². The van der Waals surface area contributed by atoms with E-state index in [0.717, 1.165) is 22.3 Å². The van der Waals surface area contributed by atoms with Gasteiger partial charge in [-0.2, -0.15) is 0 Å². The number of aliphatic hydroxyl groups excluding tert-OH is 6. The lowest BCUT2D eigenvalue weighted by Gasteiger charge is -2.49. The number of nitrogens with zero attached hydrogens (tertiary/aromatic N) is 3. The maximum Gasteiger partial charge on any atom is 0.187 e. The highest BCUT2D eigenvalue weighted by Crippen LogP contribution is 2.37. The van der Waals surface area contributed by atoms with E-state index in [2.05, 4.69) is 10.0 Å². The average molecular weight is 976 g/mol. The molecule has 4 aromatic carbocycles. The molecule has 15 atom stereocenters. The Morgan fingerprint density at radius 3 is 1.59 bits per heavy atom. The fourth-order valence-corrected chi connectivity index (χ4v) is 8.55. The predicted octanol–water partition coefficient (Wildman–Crippen LogP) is 3.83. The number of azide groups is 1. The Balaban J connectivity index is 1.25. The van der Waals surface area contributed by atoms with Crippen molar-refractivity contribution in [3.8, 4) is 0 Å². The summed E-state index contributed by atoms with van der Waals surface area (Å²) in [5.41, 5.74) is 12.0. The number of aliphatic hydroxyl groups is 6. The van der Waals surface area contributed by atoms with E-state index in [4.69, 9.17) is 52.9 Å². The zero-order chi connectivity index (χ0) is 49.1. The zero-order valence-corrected chi connectivity index (χ0v) is 38.8. The fourth-order valence-electron chi connectivity index (χ4n) is 8.55. The number of rotatable bonds is 27. The quantitative estimate of drug-likeness (QED) is 0.0215. The van der Waals surface area contributed by atoms with E-state index in [1.807, 2.05) is 121 Å². The van der Waals surface area contributed by atoms with Crippen molar-refractivity contribution in [2.75, 3.05) is 33.0 Å². The van der Waals surface area contributed by atoms with E-state index < -0.39 is 105 Å². The van der Waals surface area contributed by atoms with Crippen LogP contribution in [0.5, 0.6) is 0 Å². The van der Waals surface area contributed by atoms with E-state index in [1.165, 1.54) is 0 Å². The van der Waals surface area contributed by atoms with Crippen LogP contribution in [0.1, 0.15) is 41.5 Å². The summed E-state index contributed by atoms with van der Waals surface area (Å²) < 4.78 is 65.0. The SMILES string of the molecule is [N-]=[N+]=NCCCCCO[C@H]1OC(CO)[C@H](O[C@H]2OC(COCc3ccccc3)[C@H](O)C(OCc3ccccc3)C2OCc2ccccc2)C(O[C@@H]2O[C@@H]([C@H](O)CO)C(O)C2O)C1OCc1ccccc1. The first-order valence-electron chi connectivity index (χ1n) is 23.7. The molecular formula is C51H65N3O16. The third kappa shape index (κ3) is 14.8. The lowest BCUT2D eigenvalue weighted by Crippen LogP contribution is -2.66. The molecule has 7 rings (SSSR count). The maximum absolute atomic E-state index is 12.2. The minimum absolute atomic E-state index is 0.00494. The molecule has 3 heterocycles. The number of hydrogen-bond donors (Lipinski definition) is 6. The Bertz CT molecular complexity index is 2120. The monoisotopic (exact) mass is 975 g/mol. The van der Waals surface area contributed by atoms with Crippen LogP contribution in [0.25, 0.3) is 10.4 Å². The van der Waals surface area contributed by atoms with Crippen molar-refractivity contribution >= 4 is 0 Å². The van der Waals surface area contributed by atoms with Gasteiger partial charge < -0.3 is 78.0 Å². The van der Waals surface area contributed by atoms with Gasteiger partial charge in [-0.3, -0.25) is 0 Å². The molecule has 0 amide bonds. The van der Waals surface area contributed by atoms with Gasteiger partial charge in [0.25, 0.3) is 0 Å². The van der Waals surface area contributed by atoms with Crippen molar-refractivity contribution in [1.29, 1.82) is 0 Å². The molecule has 70 heavy (non-hydrogen) atoms. The first kappa shape index (κ1) is 53.4. The van der Waals surface area contributed by atoms with Gasteiger partial charge >= 0.3 is 0 Å². The standard InChI is InChI=1S/C51H65N3O16/c52-54-53-24-14-5-15-25-62-50-48(65-31-36-22-12-4-13-23-36)46(70-49-42(60)41(59)43(68-49)37(57)26-55)44(38(27-56)66-50)69-51-47(64-30-35-20-10-3-11-21-35)45(63-29-34-18-8-2-9-19-34)40(58)39(67-51)32-61-28-33-16-6-1-7-17-33/h1-4,6-13,16-23,37-51,55-60H,5,14-15,24-32H2/t37-,38?,39?,40+,41?,42?,43+,44+,45?,46?,47?,48?,49+,50+,51-/m1/s1. The van der Waals surface area contributed by atoms with Crippen LogP contribution in [0.2, 0.25) is 0 Å². The van der Waals surface area contributed by atoms with Crippen LogP contribution in [0.4, 0.5) is 0 Å². The van der Waals surface area contributed by atoms with Gasteiger partial charge in [0.05, 0.1) is 46.2 Å². The molecular weight excluding hydrogens is 911 g/mol. The Hall–Kier alpha value is -4.45. The van der Waals surface area contributed by atoms with Crippen molar-refractivity contribution < 1.29 is 78.0 Å². The molecule has 19 heteroatoms. The lowest BCUT2D eigenvalue weighted by molar-refractivity contribution is -0.384. The van der Waals surface area contributed by atoms with Crippen LogP contribution in [0.15, 0.2) is 126 Å². The van der Waals surface area contributed by atoms with Gasteiger partial charge in [-0.1, -0.05) is 133 Å². The molecule has 3 aliphatic heterocycles. The molecule has 0 aromatic heterocycles. The molecule has 0 radical (unpaired) electrons. The Morgan fingerprint density at radius 1 is 0.529 bits per heavy atom. The van der Waals surface area contributed by atoms with Crippen LogP contribution in [-0.4, -0.2) is 156 Å². The van der Waals surface area contributed by atoms with Crippen LogP contribution >= 0.6 is 0 Å². The smallest absolute Gasteiger partial charge is 0.187 e. The number of ether oxygens (including phenoxy) is 10. The first-order chi connectivity index (χ1) is 34.3. The minimum atomic E-state index is -1.74. The largest absolute Gasteiger partial charge is 0.394 e. The molecule has 0 bridgehead atoms. The van der Waals surface area contributed by atoms with E-state index in [9.17, 15) is 30.6 Å². The summed E-state index contributed by atoms with van der Waals surface area (Å²) in [6, 6.07) is 37.6. The second-order valence-corrected chi connectivity index (χ2v) is 17.3. The summed E-state index contributed by atoms with van der Waals surface area (Å²) in [5, 5.41) is 69.7. The van der Waals surface area contributed by atoms with Gasteiger partial charge in [-0.05, 0) is 40.6 Å². The van der Waals surface area contributed by atoms with Gasteiger partial charge in [-0.15, -0.1) is 0 Å². The van der Waals surface area contributed by atoms with E-state index in [0.29, 0.717) is 25.8 Å². The summed E-state index contributed by atoms with van der Waals surface area (Å²) in [5.74, 6) is 0. The fraction of sp³-hybridized carbons (Fsp3) is 0.529. The van der Waals surface area contributed by atoms with Gasteiger partial charge in [0, 0.05) is 18.1 Å². The average Bonchev–Trinajstić information content (AvgIpc) is 3.68. The Kier molecular flexibility index (Phi) is 21.3. The Labute approximate surface area is 406 Å². The summed E-state index contributed by atoms with van der Waals surface area (Å²) in [7, 11) is 0. The minimum Gasteiger partial charge on any atom is -0.394 e. The van der Waals surface area contributed by atoms with Crippen LogP contribution in [0.3, 0.4) is 0 Å². The molecule has 3 saturated heterocycles. The van der Waals surface area contributed by atoms with Crippen molar-refractivity contribution in [2.24, 2.45) is 5.11 Å². The van der Waals surface area contributed by atoms with Gasteiger partial charge in [0.1, 0.15) is 73.2 Å². The second kappa shape index (κ2) is 28.0. The third-order valence-corrected chi connectivity index (χ3v) is 12.3. The highest BCUT2D eigenvalue weighted by Gasteiger charge is 2.56. The molecule has 3 fully saturated rings. The molecule has 19 nitrogen and oxygen atoms in total. The molecule has 0 saturated carbocycles. The van der Waals surface area contributed by atoms with E-state index in [-0.39, 0.29) is 39.6 Å². The topological polar surface area (TPSA) is 262 Å². The zero-order valence-electron chi connectivity index (χ0n) is 38.8. The molecule has 0 aliphatic carbocycles. The summed E-state index contributed by atoms with van der Waals surface area (Å²) in [6.45, 7) is -0.741. The van der Waals surface area contributed by atoms with Crippen molar-refractivity contribution in [3.05, 3.63) is 154 Å². The number of unbranched alkanes of at least 4 members (excludes halogenated alkanes) is 2. The molecule has 3 aliphatic rings. The normalized spacial score (nSPS) is 30.4. The lowest BCUT2D eigenvalue weighted by atomic mass is 9.96. The molecule has 8 unspecified atom stereocenters. The van der Waals surface area contributed by atoms with E-state index >= 15 is 0 Å². The predicted molar refractivity (Wildman–Crippen MR) is 249 cm³/mol. The molecule has 380 valence electrons. The maximum atomic E-state index is 12.2. The Morgan fingerprint density at radius 2 is 1.04 bits per heavy atom. The molecule has 4 aromatic rings. The molecule has 6 N–H and O–H groups in total. The number of hydrogen-bond acceptors (Lipinski definition) is 17. The summed E-state index contributed by atoms with van der Waals surface area (Å²) in [4.78, 5) is 2.81.